The lowest BCUT2D eigenvalue weighted by molar-refractivity contribution is -0.117. The summed E-state index contributed by atoms with van der Waals surface area (Å²) in [4.78, 5) is 11.3. The van der Waals surface area contributed by atoms with Gasteiger partial charge >= 0.3 is 0 Å². The zero-order valence-electron chi connectivity index (χ0n) is 13.2. The van der Waals surface area contributed by atoms with Gasteiger partial charge in [0.15, 0.2) is 0 Å². The highest BCUT2D eigenvalue weighted by atomic mass is 79.9. The fourth-order valence-corrected chi connectivity index (χ4v) is 2.77. The first kappa shape index (κ1) is 19.1. The lowest BCUT2D eigenvalue weighted by atomic mass is 9.97. The van der Waals surface area contributed by atoms with Crippen LogP contribution in [0.15, 0.2) is 0 Å². The van der Waals surface area contributed by atoms with Crippen molar-refractivity contribution in [2.45, 2.75) is 96.2 Å². The first-order valence-corrected chi connectivity index (χ1v) is 9.15. The van der Waals surface area contributed by atoms with Gasteiger partial charge < -0.3 is 0 Å². The lowest BCUT2D eigenvalue weighted by Gasteiger charge is -2.15. The fourth-order valence-electron chi connectivity index (χ4n) is 2.50. The summed E-state index contributed by atoms with van der Waals surface area (Å²) in [7, 11) is 0. The average molecular weight is 333 g/mol. The van der Waals surface area contributed by atoms with E-state index in [1.165, 1.54) is 70.6 Å². The van der Waals surface area contributed by atoms with E-state index in [2.05, 4.69) is 29.8 Å². The highest BCUT2D eigenvalue weighted by molar-refractivity contribution is 9.10. The lowest BCUT2D eigenvalue weighted by Crippen LogP contribution is -2.19. The fraction of sp³-hybridized carbons (Fsp3) is 0.941. The van der Waals surface area contributed by atoms with Gasteiger partial charge in [0.25, 0.3) is 0 Å². The van der Waals surface area contributed by atoms with E-state index in [9.17, 15) is 4.79 Å². The van der Waals surface area contributed by atoms with Crippen molar-refractivity contribution in [2.24, 2.45) is 5.92 Å². The number of hydrogen-bond acceptors (Lipinski definition) is 1. The van der Waals surface area contributed by atoms with Crippen molar-refractivity contribution in [1.82, 2.24) is 0 Å². The van der Waals surface area contributed by atoms with E-state index in [1.54, 1.807) is 6.92 Å². The van der Waals surface area contributed by atoms with Crippen LogP contribution in [0, 0.1) is 5.92 Å². The number of unbranched alkanes of at least 4 members (excludes halogenated alkanes) is 9. The van der Waals surface area contributed by atoms with Crippen molar-refractivity contribution in [2.75, 3.05) is 0 Å². The molecule has 114 valence electrons. The maximum atomic E-state index is 11.2. The first-order chi connectivity index (χ1) is 9.09. The van der Waals surface area contributed by atoms with Crippen molar-refractivity contribution in [3.63, 3.8) is 0 Å². The molecule has 0 aromatic heterocycles. The number of halogens is 1. The first-order valence-electron chi connectivity index (χ1n) is 8.24. The molecular formula is C17H33BrO. The Morgan fingerprint density at radius 3 is 1.74 bits per heavy atom. The molecule has 2 unspecified atom stereocenters. The molecule has 0 aromatic carbocycles. The summed E-state index contributed by atoms with van der Waals surface area (Å²) in [6.07, 6.45) is 15.0. The Labute approximate surface area is 129 Å². The zero-order valence-corrected chi connectivity index (χ0v) is 14.8. The highest BCUT2D eigenvalue weighted by Gasteiger charge is 2.17. The molecule has 19 heavy (non-hydrogen) atoms. The van der Waals surface area contributed by atoms with Gasteiger partial charge in [-0.15, -0.1) is 0 Å². The number of Topliss-reactive ketones (excluding diaryl/α,β-unsaturated/α-hetero) is 1. The standard InChI is InChI=1S/C17H33BrO/c1-4-5-6-7-8-9-10-11-12-13-14-15(2)17(18)16(3)19/h15,17H,4-14H2,1-3H3. The Balaban J connectivity index is 3.25. The Morgan fingerprint density at radius 2 is 1.32 bits per heavy atom. The van der Waals surface area contributed by atoms with E-state index in [0.717, 1.165) is 0 Å². The largest absolute Gasteiger partial charge is 0.299 e. The molecule has 0 saturated carbocycles. The summed E-state index contributed by atoms with van der Waals surface area (Å²) >= 11 is 3.48. The molecule has 0 bridgehead atoms. The third-order valence-electron chi connectivity index (χ3n) is 3.90. The van der Waals surface area contributed by atoms with Gasteiger partial charge in [0.2, 0.25) is 0 Å². The van der Waals surface area contributed by atoms with Crippen molar-refractivity contribution < 1.29 is 4.79 Å². The van der Waals surface area contributed by atoms with E-state index in [4.69, 9.17) is 0 Å². The molecule has 0 amide bonds. The van der Waals surface area contributed by atoms with Crippen LogP contribution in [-0.4, -0.2) is 10.6 Å². The van der Waals surface area contributed by atoms with Crippen LogP contribution in [0.3, 0.4) is 0 Å². The van der Waals surface area contributed by atoms with E-state index in [0.29, 0.717) is 5.92 Å². The zero-order chi connectivity index (χ0) is 14.5. The van der Waals surface area contributed by atoms with Crippen LogP contribution in [0.5, 0.6) is 0 Å². The van der Waals surface area contributed by atoms with Crippen LogP contribution in [0.25, 0.3) is 0 Å². The summed E-state index contributed by atoms with van der Waals surface area (Å²) in [5.41, 5.74) is 0. The highest BCUT2D eigenvalue weighted by Crippen LogP contribution is 2.21. The number of alkyl halides is 1. The van der Waals surface area contributed by atoms with Gasteiger partial charge in [-0.1, -0.05) is 94.0 Å². The number of carbonyl (C=O) groups is 1. The van der Waals surface area contributed by atoms with Gasteiger partial charge in [-0.3, -0.25) is 4.79 Å². The second kappa shape index (κ2) is 13.1. The molecule has 0 saturated heterocycles. The maximum Gasteiger partial charge on any atom is 0.143 e. The van der Waals surface area contributed by atoms with Crippen LogP contribution in [0.1, 0.15) is 91.4 Å². The van der Waals surface area contributed by atoms with Crippen molar-refractivity contribution >= 4 is 21.7 Å². The molecule has 0 aliphatic carbocycles. The third kappa shape index (κ3) is 11.7. The number of carbonyl (C=O) groups excluding carboxylic acids is 1. The Morgan fingerprint density at radius 1 is 0.895 bits per heavy atom. The minimum absolute atomic E-state index is 0.0612. The van der Waals surface area contributed by atoms with Crippen molar-refractivity contribution in [1.29, 1.82) is 0 Å². The minimum atomic E-state index is 0.0612. The Bertz CT molecular complexity index is 215. The SMILES string of the molecule is CCCCCCCCCCCCC(C)C(Br)C(C)=O. The van der Waals surface area contributed by atoms with Crippen LogP contribution < -0.4 is 0 Å². The number of hydrogen-bond donors (Lipinski definition) is 0. The molecule has 0 N–H and O–H groups in total. The monoisotopic (exact) mass is 332 g/mol. The van der Waals surface area contributed by atoms with Crippen LogP contribution in [0.2, 0.25) is 0 Å². The molecule has 0 aliphatic heterocycles. The molecule has 0 rings (SSSR count). The second-order valence-corrected chi connectivity index (χ2v) is 6.95. The molecule has 2 heteroatoms. The number of rotatable bonds is 13. The molecular weight excluding hydrogens is 300 g/mol. The van der Waals surface area contributed by atoms with Gasteiger partial charge in [-0.25, -0.2) is 0 Å². The average Bonchev–Trinajstić information content (AvgIpc) is 2.39. The smallest absolute Gasteiger partial charge is 0.143 e. The van der Waals surface area contributed by atoms with Gasteiger partial charge in [-0.05, 0) is 19.3 Å². The summed E-state index contributed by atoms with van der Waals surface area (Å²) in [5, 5.41) is 0. The van der Waals surface area contributed by atoms with Crippen LogP contribution in [-0.2, 0) is 4.79 Å². The maximum absolute atomic E-state index is 11.2. The summed E-state index contributed by atoms with van der Waals surface area (Å²) in [6, 6.07) is 0. The van der Waals surface area contributed by atoms with Crippen LogP contribution >= 0.6 is 15.9 Å². The van der Waals surface area contributed by atoms with Crippen LogP contribution in [0.4, 0.5) is 0 Å². The second-order valence-electron chi connectivity index (χ2n) is 5.96. The summed E-state index contributed by atoms with van der Waals surface area (Å²) in [5.74, 6) is 0.742. The normalized spacial score (nSPS) is 14.3. The Kier molecular flexibility index (Phi) is 13.3. The van der Waals surface area contributed by atoms with E-state index < -0.39 is 0 Å². The predicted octanol–water partition coefficient (Wildman–Crippen LogP) is 6.29. The van der Waals surface area contributed by atoms with Crippen molar-refractivity contribution in [3.8, 4) is 0 Å². The van der Waals surface area contributed by atoms with E-state index >= 15 is 0 Å². The van der Waals surface area contributed by atoms with Gasteiger partial charge in [0.05, 0.1) is 4.83 Å². The van der Waals surface area contributed by atoms with E-state index in [-0.39, 0.29) is 10.6 Å². The molecule has 0 spiro atoms. The molecule has 1 nitrogen and oxygen atoms in total. The van der Waals surface area contributed by atoms with Gasteiger partial charge in [0, 0.05) is 0 Å². The van der Waals surface area contributed by atoms with Gasteiger partial charge in [-0.2, -0.15) is 0 Å². The molecule has 0 aliphatic rings. The summed E-state index contributed by atoms with van der Waals surface area (Å²) < 4.78 is 0. The number of ketones is 1. The Hall–Kier alpha value is 0.150. The molecule has 0 heterocycles. The molecule has 0 aromatic rings. The molecule has 0 fully saturated rings. The molecule has 0 radical (unpaired) electrons. The predicted molar refractivity (Wildman–Crippen MR) is 89.0 cm³/mol. The topological polar surface area (TPSA) is 17.1 Å². The van der Waals surface area contributed by atoms with E-state index in [1.807, 2.05) is 0 Å². The molecule has 2 atom stereocenters. The quantitative estimate of drug-likeness (QED) is 0.286. The van der Waals surface area contributed by atoms with Crippen molar-refractivity contribution in [3.05, 3.63) is 0 Å². The van der Waals surface area contributed by atoms with Gasteiger partial charge in [0.1, 0.15) is 5.78 Å². The third-order valence-corrected chi connectivity index (χ3v) is 5.45. The summed E-state index contributed by atoms with van der Waals surface area (Å²) in [6.45, 7) is 6.12. The minimum Gasteiger partial charge on any atom is -0.299 e.